The fourth-order valence-corrected chi connectivity index (χ4v) is 3.84. The summed E-state index contributed by atoms with van der Waals surface area (Å²) < 4.78 is 14.4. The molecule has 8 heteroatoms. The Morgan fingerprint density at radius 1 is 1.06 bits per heavy atom. The highest BCUT2D eigenvalue weighted by Crippen LogP contribution is 2.27. The molecule has 0 spiro atoms. The first kappa shape index (κ1) is 22.4. The van der Waals surface area contributed by atoms with Crippen molar-refractivity contribution in [1.82, 2.24) is 15.1 Å². The summed E-state index contributed by atoms with van der Waals surface area (Å²) in [6.07, 6.45) is 0.150. The summed E-state index contributed by atoms with van der Waals surface area (Å²) >= 11 is 0. The van der Waals surface area contributed by atoms with Gasteiger partial charge in [-0.05, 0) is 67.4 Å². The van der Waals surface area contributed by atoms with Crippen molar-refractivity contribution < 1.29 is 14.0 Å². The lowest BCUT2D eigenvalue weighted by Crippen LogP contribution is -2.36. The molecule has 1 unspecified atom stereocenters. The van der Waals surface area contributed by atoms with E-state index in [9.17, 15) is 18.8 Å². The number of rotatable bonds is 6. The number of halogens is 1. The molecule has 0 bridgehead atoms. The molecule has 170 valence electrons. The third kappa shape index (κ3) is 5.00. The molecule has 0 aliphatic carbocycles. The summed E-state index contributed by atoms with van der Waals surface area (Å²) in [5, 5.41) is 7.13. The standard InChI is InChI=1S/C25H25FN4O3/c1-16-3-8-21(13-17(16)2)29-15-19(14-24(29)32)25(33)27-11-12-30-23(31)10-9-22(28-30)18-4-6-20(26)7-5-18/h3-10,13,19H,11-12,14-15H2,1-2H3,(H,27,33). The van der Waals surface area contributed by atoms with Gasteiger partial charge in [0.25, 0.3) is 5.56 Å². The van der Waals surface area contributed by atoms with Crippen molar-refractivity contribution in [3.05, 3.63) is 81.9 Å². The largest absolute Gasteiger partial charge is 0.354 e. The number of carbonyl (C=O) groups is 2. The molecule has 0 radical (unpaired) electrons. The van der Waals surface area contributed by atoms with E-state index in [4.69, 9.17) is 0 Å². The maximum Gasteiger partial charge on any atom is 0.266 e. The highest BCUT2D eigenvalue weighted by atomic mass is 19.1. The summed E-state index contributed by atoms with van der Waals surface area (Å²) in [6, 6.07) is 14.6. The van der Waals surface area contributed by atoms with Gasteiger partial charge >= 0.3 is 0 Å². The normalized spacial score (nSPS) is 15.7. The Morgan fingerprint density at radius 3 is 2.55 bits per heavy atom. The summed E-state index contributed by atoms with van der Waals surface area (Å²) in [4.78, 5) is 38.9. The second-order valence-corrected chi connectivity index (χ2v) is 8.25. The number of aryl methyl sites for hydroxylation is 2. The van der Waals surface area contributed by atoms with Gasteiger partial charge in [-0.15, -0.1) is 0 Å². The lowest BCUT2D eigenvalue weighted by Gasteiger charge is -2.18. The van der Waals surface area contributed by atoms with Gasteiger partial charge in [-0.25, -0.2) is 9.07 Å². The fraction of sp³-hybridized carbons (Fsp3) is 0.280. The van der Waals surface area contributed by atoms with Crippen LogP contribution < -0.4 is 15.8 Å². The fourth-order valence-electron chi connectivity index (χ4n) is 3.84. The molecule has 2 amide bonds. The average Bonchev–Trinajstić information content (AvgIpc) is 3.19. The van der Waals surface area contributed by atoms with E-state index < -0.39 is 5.92 Å². The van der Waals surface area contributed by atoms with Crippen LogP contribution in [-0.4, -0.2) is 34.7 Å². The SMILES string of the molecule is Cc1ccc(N2CC(C(=O)NCCn3nc(-c4ccc(F)cc4)ccc3=O)CC2=O)cc1C. The molecule has 3 aromatic rings. The first-order chi connectivity index (χ1) is 15.8. The second kappa shape index (κ2) is 9.36. The van der Waals surface area contributed by atoms with Crippen LogP contribution in [-0.2, 0) is 16.1 Å². The summed E-state index contributed by atoms with van der Waals surface area (Å²) in [5.41, 5.74) is 3.95. The molecule has 0 saturated carbocycles. The number of carbonyl (C=O) groups excluding carboxylic acids is 2. The van der Waals surface area contributed by atoms with E-state index in [-0.39, 0.29) is 42.7 Å². The zero-order valence-corrected chi connectivity index (χ0v) is 18.5. The maximum absolute atomic E-state index is 13.2. The van der Waals surface area contributed by atoms with E-state index in [1.54, 1.807) is 23.1 Å². The highest BCUT2D eigenvalue weighted by Gasteiger charge is 2.35. The molecule has 2 heterocycles. The predicted octanol–water partition coefficient (Wildman–Crippen LogP) is 2.84. The van der Waals surface area contributed by atoms with Gasteiger partial charge in [0, 0.05) is 36.8 Å². The molecule has 1 aliphatic rings. The van der Waals surface area contributed by atoms with Crippen molar-refractivity contribution in [1.29, 1.82) is 0 Å². The van der Waals surface area contributed by atoms with Crippen molar-refractivity contribution >= 4 is 17.5 Å². The Balaban J connectivity index is 1.36. The van der Waals surface area contributed by atoms with Crippen LogP contribution in [0.25, 0.3) is 11.3 Å². The highest BCUT2D eigenvalue weighted by molar-refractivity contribution is 6.00. The smallest absolute Gasteiger partial charge is 0.266 e. The molecule has 1 aromatic heterocycles. The Hall–Kier alpha value is -3.81. The topological polar surface area (TPSA) is 84.3 Å². The van der Waals surface area contributed by atoms with Crippen molar-refractivity contribution in [3.63, 3.8) is 0 Å². The van der Waals surface area contributed by atoms with E-state index in [1.807, 2.05) is 32.0 Å². The third-order valence-corrected chi connectivity index (χ3v) is 5.93. The second-order valence-electron chi connectivity index (χ2n) is 8.25. The molecule has 33 heavy (non-hydrogen) atoms. The molecule has 7 nitrogen and oxygen atoms in total. The Morgan fingerprint density at radius 2 is 1.82 bits per heavy atom. The molecule has 1 fully saturated rings. The van der Waals surface area contributed by atoms with Crippen molar-refractivity contribution in [2.24, 2.45) is 5.92 Å². The van der Waals surface area contributed by atoms with Crippen LogP contribution >= 0.6 is 0 Å². The van der Waals surface area contributed by atoms with Gasteiger partial charge < -0.3 is 10.2 Å². The minimum atomic E-state index is -0.450. The summed E-state index contributed by atoms with van der Waals surface area (Å²) in [5.74, 6) is -1.11. The van der Waals surface area contributed by atoms with Gasteiger partial charge in [-0.2, -0.15) is 5.10 Å². The van der Waals surface area contributed by atoms with Crippen LogP contribution in [0.5, 0.6) is 0 Å². The number of aromatic nitrogens is 2. The van der Waals surface area contributed by atoms with Gasteiger partial charge in [-0.1, -0.05) is 6.07 Å². The Bertz CT molecular complexity index is 1250. The number of nitrogens with one attached hydrogen (secondary N) is 1. The quantitative estimate of drug-likeness (QED) is 0.629. The van der Waals surface area contributed by atoms with Crippen LogP contribution in [0.1, 0.15) is 17.5 Å². The number of benzene rings is 2. The van der Waals surface area contributed by atoms with Gasteiger partial charge in [0.1, 0.15) is 5.82 Å². The van der Waals surface area contributed by atoms with E-state index in [0.29, 0.717) is 17.8 Å². The third-order valence-electron chi connectivity index (χ3n) is 5.93. The van der Waals surface area contributed by atoms with Gasteiger partial charge in [0.2, 0.25) is 11.8 Å². The van der Waals surface area contributed by atoms with Gasteiger partial charge in [0.15, 0.2) is 0 Å². The van der Waals surface area contributed by atoms with E-state index in [2.05, 4.69) is 10.4 Å². The monoisotopic (exact) mass is 448 g/mol. The molecule has 1 aliphatic heterocycles. The number of anilines is 1. The number of amides is 2. The van der Waals surface area contributed by atoms with E-state index in [0.717, 1.165) is 16.8 Å². The maximum atomic E-state index is 13.2. The number of hydrogen-bond donors (Lipinski definition) is 1. The number of hydrogen-bond acceptors (Lipinski definition) is 4. The average molecular weight is 448 g/mol. The molecular formula is C25H25FN4O3. The zero-order valence-electron chi connectivity index (χ0n) is 18.5. The minimum Gasteiger partial charge on any atom is -0.354 e. The minimum absolute atomic E-state index is 0.0803. The molecular weight excluding hydrogens is 423 g/mol. The molecule has 1 N–H and O–H groups in total. The van der Waals surface area contributed by atoms with Crippen LogP contribution in [0.4, 0.5) is 10.1 Å². The van der Waals surface area contributed by atoms with Crippen molar-refractivity contribution in [3.8, 4) is 11.3 Å². The molecule has 2 aromatic carbocycles. The van der Waals surface area contributed by atoms with E-state index in [1.165, 1.54) is 22.9 Å². The van der Waals surface area contributed by atoms with Gasteiger partial charge in [0.05, 0.1) is 18.2 Å². The first-order valence-electron chi connectivity index (χ1n) is 10.8. The lowest BCUT2D eigenvalue weighted by atomic mass is 10.1. The molecule has 4 rings (SSSR count). The lowest BCUT2D eigenvalue weighted by molar-refractivity contribution is -0.126. The van der Waals surface area contributed by atoms with E-state index >= 15 is 0 Å². The Labute approximate surface area is 190 Å². The molecule has 1 atom stereocenters. The molecule has 1 saturated heterocycles. The summed E-state index contributed by atoms with van der Waals surface area (Å²) in [6.45, 7) is 4.71. The predicted molar refractivity (Wildman–Crippen MR) is 123 cm³/mol. The van der Waals surface area contributed by atoms with Crippen molar-refractivity contribution in [2.45, 2.75) is 26.8 Å². The van der Waals surface area contributed by atoms with Crippen LogP contribution in [0.2, 0.25) is 0 Å². The zero-order chi connectivity index (χ0) is 23.5. The van der Waals surface area contributed by atoms with Crippen LogP contribution in [0, 0.1) is 25.6 Å². The Kier molecular flexibility index (Phi) is 6.35. The first-order valence-corrected chi connectivity index (χ1v) is 10.8. The number of nitrogens with zero attached hydrogens (tertiary/aromatic N) is 3. The summed E-state index contributed by atoms with van der Waals surface area (Å²) in [7, 11) is 0. The van der Waals surface area contributed by atoms with Crippen LogP contribution in [0.15, 0.2) is 59.4 Å². The van der Waals surface area contributed by atoms with Crippen LogP contribution in [0.3, 0.4) is 0 Å². The van der Waals surface area contributed by atoms with Gasteiger partial charge in [-0.3, -0.25) is 14.4 Å². The van der Waals surface area contributed by atoms with Crippen molar-refractivity contribution in [2.75, 3.05) is 18.0 Å².